The molecule has 0 bridgehead atoms. The van der Waals surface area contributed by atoms with Gasteiger partial charge in [-0.05, 0) is 0 Å². The molecule has 1 heterocycles. The molecule has 0 fully saturated rings. The van der Waals surface area contributed by atoms with Gasteiger partial charge in [-0.25, -0.2) is 4.98 Å². The number of carboxylic acid groups (broad SMARTS) is 1. The average molecular weight is 197 g/mol. The van der Waals surface area contributed by atoms with E-state index >= 15 is 0 Å². The minimum atomic E-state index is -0.921. The second-order valence-corrected chi connectivity index (χ2v) is 2.61. The van der Waals surface area contributed by atoms with Crippen LogP contribution in [0.3, 0.4) is 0 Å². The summed E-state index contributed by atoms with van der Waals surface area (Å²) >= 11 is 0. The Morgan fingerprint density at radius 1 is 1.50 bits per heavy atom. The van der Waals surface area contributed by atoms with Crippen LogP contribution in [0.4, 0.5) is 0 Å². The first kappa shape index (κ1) is 10.3. The molecule has 5 heteroatoms. The Labute approximate surface area is 81.3 Å². The molecule has 5 nitrogen and oxygen atoms in total. The van der Waals surface area contributed by atoms with Gasteiger partial charge in [-0.2, -0.15) is 0 Å². The molecule has 0 unspecified atom stereocenters. The Kier molecular flexibility index (Phi) is 3.28. The third kappa shape index (κ3) is 2.35. The number of hydrogen-bond acceptors (Lipinski definition) is 4. The van der Waals surface area contributed by atoms with Gasteiger partial charge in [-0.3, -0.25) is 4.79 Å². The molecule has 14 heavy (non-hydrogen) atoms. The molecule has 0 aromatic carbocycles. The highest BCUT2D eigenvalue weighted by atomic mass is 16.5. The van der Waals surface area contributed by atoms with E-state index < -0.39 is 5.97 Å². The fraction of sp³-hybridized carbons (Fsp3) is 0.333. The number of hydrogen-bond donors (Lipinski definition) is 1. The molecule has 0 spiro atoms. The SMILES string of the molecule is COc1cc(OC)c(CC(=O)O)cn1. The van der Waals surface area contributed by atoms with Crippen molar-refractivity contribution >= 4 is 5.97 Å². The number of ether oxygens (including phenoxy) is 2. The summed E-state index contributed by atoms with van der Waals surface area (Å²) in [6.45, 7) is 0. The molecular weight excluding hydrogens is 186 g/mol. The molecule has 0 saturated carbocycles. The lowest BCUT2D eigenvalue weighted by Gasteiger charge is -2.07. The van der Waals surface area contributed by atoms with Crippen LogP contribution >= 0.6 is 0 Å². The van der Waals surface area contributed by atoms with Gasteiger partial charge in [0.25, 0.3) is 0 Å². The first-order valence-corrected chi connectivity index (χ1v) is 3.96. The standard InChI is InChI=1S/C9H11NO4/c1-13-7-4-8(14-2)10-5-6(7)3-9(11)12/h4-5H,3H2,1-2H3,(H,11,12). The minimum Gasteiger partial charge on any atom is -0.496 e. The number of pyridine rings is 1. The summed E-state index contributed by atoms with van der Waals surface area (Å²) in [5, 5.41) is 8.60. The molecule has 0 amide bonds. The lowest BCUT2D eigenvalue weighted by Crippen LogP contribution is -2.03. The summed E-state index contributed by atoms with van der Waals surface area (Å²) in [5.41, 5.74) is 0.529. The van der Waals surface area contributed by atoms with E-state index in [4.69, 9.17) is 14.6 Å². The predicted molar refractivity (Wildman–Crippen MR) is 48.7 cm³/mol. The topological polar surface area (TPSA) is 68.7 Å². The Morgan fingerprint density at radius 3 is 2.71 bits per heavy atom. The van der Waals surface area contributed by atoms with Crippen LogP contribution in [-0.2, 0) is 11.2 Å². The van der Waals surface area contributed by atoms with Gasteiger partial charge in [-0.1, -0.05) is 0 Å². The maximum atomic E-state index is 10.5. The first-order chi connectivity index (χ1) is 6.67. The number of carboxylic acids is 1. The minimum absolute atomic E-state index is 0.111. The zero-order chi connectivity index (χ0) is 10.6. The van der Waals surface area contributed by atoms with Gasteiger partial charge in [0, 0.05) is 17.8 Å². The van der Waals surface area contributed by atoms with Crippen molar-refractivity contribution in [1.29, 1.82) is 0 Å². The van der Waals surface area contributed by atoms with Gasteiger partial charge >= 0.3 is 5.97 Å². The van der Waals surface area contributed by atoms with Crippen LogP contribution < -0.4 is 9.47 Å². The van der Waals surface area contributed by atoms with E-state index in [9.17, 15) is 4.79 Å². The molecule has 1 N–H and O–H groups in total. The smallest absolute Gasteiger partial charge is 0.308 e. The van der Waals surface area contributed by atoms with Gasteiger partial charge in [-0.15, -0.1) is 0 Å². The van der Waals surface area contributed by atoms with Gasteiger partial charge in [0.15, 0.2) is 0 Å². The van der Waals surface area contributed by atoms with Crippen molar-refractivity contribution in [3.63, 3.8) is 0 Å². The number of methoxy groups -OCH3 is 2. The number of aromatic nitrogens is 1. The predicted octanol–water partition coefficient (Wildman–Crippen LogP) is 0.726. The lowest BCUT2D eigenvalue weighted by atomic mass is 10.2. The summed E-state index contributed by atoms with van der Waals surface area (Å²) in [6, 6.07) is 1.55. The molecule has 1 aromatic rings. The van der Waals surface area contributed by atoms with Crippen molar-refractivity contribution in [3.05, 3.63) is 17.8 Å². The lowest BCUT2D eigenvalue weighted by molar-refractivity contribution is -0.136. The van der Waals surface area contributed by atoms with E-state index in [-0.39, 0.29) is 6.42 Å². The molecular formula is C9H11NO4. The molecule has 0 atom stereocenters. The van der Waals surface area contributed by atoms with Crippen molar-refractivity contribution in [2.75, 3.05) is 14.2 Å². The molecule has 76 valence electrons. The second-order valence-electron chi connectivity index (χ2n) is 2.61. The largest absolute Gasteiger partial charge is 0.496 e. The summed E-state index contributed by atoms with van der Waals surface area (Å²) in [4.78, 5) is 14.4. The van der Waals surface area contributed by atoms with Crippen molar-refractivity contribution < 1.29 is 19.4 Å². The van der Waals surface area contributed by atoms with E-state index in [0.717, 1.165) is 0 Å². The monoisotopic (exact) mass is 197 g/mol. The third-order valence-corrected chi connectivity index (χ3v) is 1.69. The van der Waals surface area contributed by atoms with Crippen LogP contribution in [-0.4, -0.2) is 30.3 Å². The highest BCUT2D eigenvalue weighted by Crippen LogP contribution is 2.22. The third-order valence-electron chi connectivity index (χ3n) is 1.69. The van der Waals surface area contributed by atoms with Crippen LogP contribution in [0.2, 0.25) is 0 Å². The van der Waals surface area contributed by atoms with Gasteiger partial charge in [0.05, 0.1) is 20.6 Å². The summed E-state index contributed by atoms with van der Waals surface area (Å²) in [5.74, 6) is -0.0505. The van der Waals surface area contributed by atoms with E-state index in [1.54, 1.807) is 6.07 Å². The van der Waals surface area contributed by atoms with Crippen molar-refractivity contribution in [1.82, 2.24) is 4.98 Å². The highest BCUT2D eigenvalue weighted by Gasteiger charge is 2.09. The van der Waals surface area contributed by atoms with E-state index in [1.807, 2.05) is 0 Å². The number of carbonyl (C=O) groups is 1. The molecule has 0 aliphatic heterocycles. The molecule has 0 saturated heterocycles. The number of aliphatic carboxylic acids is 1. The van der Waals surface area contributed by atoms with Crippen molar-refractivity contribution in [3.8, 4) is 11.6 Å². The Balaban J connectivity index is 2.98. The molecule has 0 aliphatic carbocycles. The second kappa shape index (κ2) is 4.45. The van der Waals surface area contributed by atoms with Gasteiger partial charge in [0.2, 0.25) is 5.88 Å². The van der Waals surface area contributed by atoms with Crippen LogP contribution in [0.15, 0.2) is 12.3 Å². The Bertz CT molecular complexity index is 338. The number of rotatable bonds is 4. The fourth-order valence-electron chi connectivity index (χ4n) is 1.04. The maximum Gasteiger partial charge on any atom is 0.308 e. The van der Waals surface area contributed by atoms with Crippen LogP contribution in [0.1, 0.15) is 5.56 Å². The summed E-state index contributed by atoms with van der Waals surface area (Å²) < 4.78 is 9.88. The van der Waals surface area contributed by atoms with Crippen molar-refractivity contribution in [2.45, 2.75) is 6.42 Å². The Morgan fingerprint density at radius 2 is 2.21 bits per heavy atom. The molecule has 0 radical (unpaired) electrons. The average Bonchev–Trinajstić information content (AvgIpc) is 2.17. The van der Waals surface area contributed by atoms with Crippen LogP contribution in [0, 0.1) is 0 Å². The first-order valence-electron chi connectivity index (χ1n) is 3.96. The fourth-order valence-corrected chi connectivity index (χ4v) is 1.04. The van der Waals surface area contributed by atoms with E-state index in [2.05, 4.69) is 4.98 Å². The zero-order valence-electron chi connectivity index (χ0n) is 7.98. The van der Waals surface area contributed by atoms with E-state index in [0.29, 0.717) is 17.2 Å². The molecule has 1 rings (SSSR count). The van der Waals surface area contributed by atoms with Crippen molar-refractivity contribution in [2.24, 2.45) is 0 Å². The van der Waals surface area contributed by atoms with Gasteiger partial charge < -0.3 is 14.6 Å². The summed E-state index contributed by atoms with van der Waals surface area (Å²) in [6.07, 6.45) is 1.33. The molecule has 1 aromatic heterocycles. The van der Waals surface area contributed by atoms with Crippen LogP contribution in [0.5, 0.6) is 11.6 Å². The van der Waals surface area contributed by atoms with E-state index in [1.165, 1.54) is 20.4 Å². The highest BCUT2D eigenvalue weighted by molar-refractivity contribution is 5.71. The number of nitrogens with zero attached hydrogens (tertiary/aromatic N) is 1. The zero-order valence-corrected chi connectivity index (χ0v) is 7.98. The molecule has 0 aliphatic rings. The normalized spacial score (nSPS) is 9.57. The van der Waals surface area contributed by atoms with Crippen LogP contribution in [0.25, 0.3) is 0 Å². The van der Waals surface area contributed by atoms with Gasteiger partial charge in [0.1, 0.15) is 5.75 Å². The maximum absolute atomic E-state index is 10.5. The summed E-state index contributed by atoms with van der Waals surface area (Å²) in [7, 11) is 2.96. The Hall–Kier alpha value is -1.78. The quantitative estimate of drug-likeness (QED) is 0.770.